The lowest BCUT2D eigenvalue weighted by atomic mass is 9.94. The number of hydrogen-bond acceptors (Lipinski definition) is 3. The second-order valence-corrected chi connectivity index (χ2v) is 8.19. The average molecular weight is 369 g/mol. The molecular weight excluding hydrogens is 336 g/mol. The maximum Gasteiger partial charge on any atom is 0.225 e. The Morgan fingerprint density at radius 2 is 1.88 bits per heavy atom. The van der Waals surface area contributed by atoms with Crippen molar-refractivity contribution in [3.8, 4) is 5.75 Å². The lowest BCUT2D eigenvalue weighted by molar-refractivity contribution is -0.136. The van der Waals surface area contributed by atoms with Crippen molar-refractivity contribution in [2.75, 3.05) is 20.2 Å². The largest absolute Gasteiger partial charge is 0.497 e. The van der Waals surface area contributed by atoms with E-state index in [1.165, 1.54) is 5.56 Å². The van der Waals surface area contributed by atoms with Crippen LogP contribution in [0, 0.1) is 11.3 Å². The van der Waals surface area contributed by atoms with Crippen molar-refractivity contribution in [1.29, 1.82) is 0 Å². The minimum atomic E-state index is 0. The molecule has 4 nitrogen and oxygen atoms in total. The predicted molar refractivity (Wildman–Crippen MR) is 105 cm³/mol. The van der Waals surface area contributed by atoms with Crippen LogP contribution in [-0.2, 0) is 11.2 Å². The van der Waals surface area contributed by atoms with Crippen LogP contribution in [0.4, 0.5) is 0 Å². The lowest BCUT2D eigenvalue weighted by Gasteiger charge is -2.32. The Morgan fingerprint density at radius 1 is 1.24 bits per heavy atom. The van der Waals surface area contributed by atoms with Crippen molar-refractivity contribution in [3.63, 3.8) is 0 Å². The first kappa shape index (κ1) is 21.8. The molecule has 0 heterocycles. The molecule has 0 aliphatic heterocycles. The number of methoxy groups -OCH3 is 1. The average Bonchev–Trinajstić information content (AvgIpc) is 2.96. The van der Waals surface area contributed by atoms with Crippen molar-refractivity contribution in [1.82, 2.24) is 4.90 Å². The molecule has 1 aliphatic rings. The highest BCUT2D eigenvalue weighted by atomic mass is 35.5. The Bertz CT molecular complexity index is 540. The molecule has 5 heteroatoms. The standard InChI is InChI=1S/C20H32N2O2.ClH/c1-20(2,3)14-22(19(23)16-7-8-17(21)13-16)12-11-15-5-9-18(24-4)10-6-15;/h5-6,9-10,16-17H,7-8,11-14,21H2,1-4H3;1H. The van der Waals surface area contributed by atoms with E-state index in [1.54, 1.807) is 7.11 Å². The SMILES string of the molecule is COc1ccc(CCN(CC(C)(C)C)C(=O)C2CCC(N)C2)cc1.Cl. The fourth-order valence-electron chi connectivity index (χ4n) is 3.39. The maximum absolute atomic E-state index is 12.9. The quantitative estimate of drug-likeness (QED) is 0.833. The van der Waals surface area contributed by atoms with Gasteiger partial charge in [-0.15, -0.1) is 12.4 Å². The normalized spacial score (nSPS) is 20.0. The summed E-state index contributed by atoms with van der Waals surface area (Å²) < 4.78 is 5.20. The van der Waals surface area contributed by atoms with Crippen LogP contribution in [0.5, 0.6) is 5.75 Å². The number of amides is 1. The molecule has 0 aromatic heterocycles. The van der Waals surface area contributed by atoms with Gasteiger partial charge >= 0.3 is 0 Å². The molecule has 1 saturated carbocycles. The molecule has 2 N–H and O–H groups in total. The van der Waals surface area contributed by atoms with Crippen LogP contribution in [0.15, 0.2) is 24.3 Å². The van der Waals surface area contributed by atoms with E-state index in [9.17, 15) is 4.79 Å². The first-order valence-corrected chi connectivity index (χ1v) is 8.96. The maximum atomic E-state index is 12.9. The third-order valence-corrected chi connectivity index (χ3v) is 4.63. The van der Waals surface area contributed by atoms with Crippen LogP contribution in [0.2, 0.25) is 0 Å². The van der Waals surface area contributed by atoms with E-state index in [0.29, 0.717) is 0 Å². The van der Waals surface area contributed by atoms with Gasteiger partial charge in [0.15, 0.2) is 0 Å². The van der Waals surface area contributed by atoms with E-state index in [1.807, 2.05) is 17.0 Å². The Hall–Kier alpha value is -1.26. The minimum Gasteiger partial charge on any atom is -0.497 e. The molecule has 1 aromatic carbocycles. The highest BCUT2D eigenvalue weighted by Crippen LogP contribution is 2.27. The van der Waals surface area contributed by atoms with Gasteiger partial charge in [-0.2, -0.15) is 0 Å². The van der Waals surface area contributed by atoms with E-state index in [0.717, 1.165) is 44.5 Å². The lowest BCUT2D eigenvalue weighted by Crippen LogP contribution is -2.42. The van der Waals surface area contributed by atoms with Gasteiger partial charge in [-0.1, -0.05) is 32.9 Å². The third-order valence-electron chi connectivity index (χ3n) is 4.63. The van der Waals surface area contributed by atoms with Gasteiger partial charge in [0.25, 0.3) is 0 Å². The van der Waals surface area contributed by atoms with Crippen LogP contribution in [0.3, 0.4) is 0 Å². The molecule has 1 amide bonds. The second kappa shape index (κ2) is 9.44. The molecule has 0 spiro atoms. The zero-order chi connectivity index (χ0) is 17.7. The summed E-state index contributed by atoms with van der Waals surface area (Å²) >= 11 is 0. The van der Waals surface area contributed by atoms with Gasteiger partial charge in [0, 0.05) is 25.0 Å². The Morgan fingerprint density at radius 3 is 2.36 bits per heavy atom. The van der Waals surface area contributed by atoms with E-state index >= 15 is 0 Å². The number of nitrogens with zero attached hydrogens (tertiary/aromatic N) is 1. The zero-order valence-electron chi connectivity index (χ0n) is 16.0. The number of hydrogen-bond donors (Lipinski definition) is 1. The van der Waals surface area contributed by atoms with Crippen LogP contribution in [0.1, 0.15) is 45.6 Å². The third kappa shape index (κ3) is 6.87. The molecule has 1 fully saturated rings. The van der Waals surface area contributed by atoms with Gasteiger partial charge in [0.05, 0.1) is 7.11 Å². The first-order chi connectivity index (χ1) is 11.3. The monoisotopic (exact) mass is 368 g/mol. The summed E-state index contributed by atoms with van der Waals surface area (Å²) in [5, 5.41) is 0. The summed E-state index contributed by atoms with van der Waals surface area (Å²) in [7, 11) is 1.67. The van der Waals surface area contributed by atoms with Crippen LogP contribution >= 0.6 is 12.4 Å². The van der Waals surface area contributed by atoms with E-state index in [2.05, 4.69) is 32.9 Å². The topological polar surface area (TPSA) is 55.6 Å². The number of carbonyl (C=O) groups is 1. The Balaban J connectivity index is 0.00000312. The summed E-state index contributed by atoms with van der Waals surface area (Å²) in [6.45, 7) is 8.09. The summed E-state index contributed by atoms with van der Waals surface area (Å²) in [6, 6.07) is 8.29. The smallest absolute Gasteiger partial charge is 0.225 e. The molecular formula is C20H33ClN2O2. The van der Waals surface area contributed by atoms with E-state index < -0.39 is 0 Å². The summed E-state index contributed by atoms with van der Waals surface area (Å²) in [6.07, 6.45) is 3.61. The number of nitrogens with two attached hydrogens (primary N) is 1. The molecule has 0 saturated heterocycles. The highest BCUT2D eigenvalue weighted by Gasteiger charge is 2.32. The summed E-state index contributed by atoms with van der Waals surface area (Å²) in [5.74, 6) is 1.26. The number of benzene rings is 1. The van der Waals surface area contributed by atoms with Crippen molar-refractivity contribution in [2.24, 2.45) is 17.1 Å². The fraction of sp³-hybridized carbons (Fsp3) is 0.650. The molecule has 2 unspecified atom stereocenters. The minimum absolute atomic E-state index is 0. The number of halogens is 1. The molecule has 0 radical (unpaired) electrons. The van der Waals surface area contributed by atoms with Gasteiger partial charge in [-0.05, 0) is 48.8 Å². The Labute approximate surface area is 158 Å². The van der Waals surface area contributed by atoms with Crippen molar-refractivity contribution in [2.45, 2.75) is 52.5 Å². The zero-order valence-corrected chi connectivity index (χ0v) is 16.8. The second-order valence-electron chi connectivity index (χ2n) is 8.19. The fourth-order valence-corrected chi connectivity index (χ4v) is 3.39. The summed E-state index contributed by atoms with van der Waals surface area (Å²) in [5.41, 5.74) is 7.32. The molecule has 1 aromatic rings. The molecule has 142 valence electrons. The van der Waals surface area contributed by atoms with E-state index in [4.69, 9.17) is 10.5 Å². The van der Waals surface area contributed by atoms with Crippen LogP contribution < -0.4 is 10.5 Å². The molecule has 2 rings (SSSR count). The highest BCUT2D eigenvalue weighted by molar-refractivity contribution is 5.85. The van der Waals surface area contributed by atoms with Crippen LogP contribution in [-0.4, -0.2) is 37.0 Å². The van der Waals surface area contributed by atoms with Crippen molar-refractivity contribution >= 4 is 18.3 Å². The van der Waals surface area contributed by atoms with Crippen LogP contribution in [0.25, 0.3) is 0 Å². The molecule has 2 atom stereocenters. The van der Waals surface area contributed by atoms with Crippen molar-refractivity contribution < 1.29 is 9.53 Å². The van der Waals surface area contributed by atoms with Crippen molar-refractivity contribution in [3.05, 3.63) is 29.8 Å². The predicted octanol–water partition coefficient (Wildman–Crippen LogP) is 3.66. The van der Waals surface area contributed by atoms with Gasteiger partial charge in [-0.3, -0.25) is 4.79 Å². The molecule has 1 aliphatic carbocycles. The van der Waals surface area contributed by atoms with Gasteiger partial charge in [-0.25, -0.2) is 0 Å². The van der Waals surface area contributed by atoms with Gasteiger partial charge < -0.3 is 15.4 Å². The van der Waals surface area contributed by atoms with Gasteiger partial charge in [0.2, 0.25) is 5.91 Å². The summed E-state index contributed by atoms with van der Waals surface area (Å²) in [4.78, 5) is 15.0. The number of carbonyl (C=O) groups excluding carboxylic acids is 1. The van der Waals surface area contributed by atoms with E-state index in [-0.39, 0.29) is 35.7 Å². The first-order valence-electron chi connectivity index (χ1n) is 8.96. The Kier molecular flexibility index (Phi) is 8.23. The molecule has 25 heavy (non-hydrogen) atoms. The molecule has 0 bridgehead atoms. The number of ether oxygens (including phenoxy) is 1. The number of rotatable bonds is 6. The van der Waals surface area contributed by atoms with Gasteiger partial charge in [0.1, 0.15) is 5.75 Å².